The molecule has 4 rings (SSSR count). The van der Waals surface area contributed by atoms with E-state index in [2.05, 4.69) is 0 Å². The minimum atomic E-state index is -0.432. The topological polar surface area (TPSA) is 57.2 Å². The third-order valence-electron chi connectivity index (χ3n) is 5.92. The molecule has 1 amide bonds. The molecule has 172 valence electrons. The average molecular weight is 451 g/mol. The molecule has 0 bridgehead atoms. The Kier molecular flexibility index (Phi) is 6.40. The Labute approximate surface area is 192 Å². The third-order valence-corrected chi connectivity index (χ3v) is 5.92. The van der Waals surface area contributed by atoms with Gasteiger partial charge in [0.1, 0.15) is 17.3 Å². The fraction of sp³-hybridized carbons (Fsp3) is 0.269. The highest BCUT2D eigenvalue weighted by Gasteiger charge is 2.34. The molecular formula is C26H26FNO5. The lowest BCUT2D eigenvalue weighted by Crippen LogP contribution is -2.40. The minimum absolute atomic E-state index is 0.179. The van der Waals surface area contributed by atoms with Crippen molar-refractivity contribution in [2.75, 3.05) is 35.0 Å². The highest BCUT2D eigenvalue weighted by Crippen LogP contribution is 2.42. The average Bonchev–Trinajstić information content (AvgIpc) is 2.86. The van der Waals surface area contributed by atoms with E-state index in [0.29, 0.717) is 41.5 Å². The van der Waals surface area contributed by atoms with Crippen molar-refractivity contribution >= 4 is 5.91 Å². The van der Waals surface area contributed by atoms with Crippen LogP contribution in [0.1, 0.15) is 33.1 Å². The van der Waals surface area contributed by atoms with Crippen molar-refractivity contribution in [1.82, 2.24) is 4.90 Å². The highest BCUT2D eigenvalue weighted by molar-refractivity contribution is 5.96. The molecule has 3 aromatic rings. The maximum Gasteiger partial charge on any atom is 0.254 e. The molecule has 3 aromatic carbocycles. The second-order valence-electron chi connectivity index (χ2n) is 7.71. The first-order valence-corrected chi connectivity index (χ1v) is 10.5. The lowest BCUT2D eigenvalue weighted by molar-refractivity contribution is 0.0693. The van der Waals surface area contributed by atoms with E-state index in [9.17, 15) is 9.18 Å². The largest absolute Gasteiger partial charge is 0.497 e. The fourth-order valence-corrected chi connectivity index (χ4v) is 4.27. The van der Waals surface area contributed by atoms with E-state index in [-0.39, 0.29) is 11.7 Å². The first-order chi connectivity index (χ1) is 16.0. The van der Waals surface area contributed by atoms with Gasteiger partial charge in [-0.2, -0.15) is 0 Å². The van der Waals surface area contributed by atoms with Gasteiger partial charge in [-0.15, -0.1) is 0 Å². The lowest BCUT2D eigenvalue weighted by Gasteiger charge is -2.38. The number of hydrogen-bond donors (Lipinski definition) is 0. The molecule has 0 aliphatic carbocycles. The summed E-state index contributed by atoms with van der Waals surface area (Å²) in [5, 5.41) is 0. The predicted molar refractivity (Wildman–Crippen MR) is 122 cm³/mol. The zero-order valence-electron chi connectivity index (χ0n) is 19.1. The molecule has 0 radical (unpaired) electrons. The molecule has 33 heavy (non-hydrogen) atoms. The van der Waals surface area contributed by atoms with Crippen LogP contribution in [-0.2, 0) is 6.42 Å². The summed E-state index contributed by atoms with van der Waals surface area (Å²) in [4.78, 5) is 15.5. The Bertz CT molecular complexity index is 1140. The van der Waals surface area contributed by atoms with Gasteiger partial charge < -0.3 is 23.8 Å². The summed E-state index contributed by atoms with van der Waals surface area (Å²) in [6.45, 7) is 0.475. The van der Waals surface area contributed by atoms with Gasteiger partial charge in [0.05, 0.1) is 34.5 Å². The minimum Gasteiger partial charge on any atom is -0.497 e. The second-order valence-corrected chi connectivity index (χ2v) is 7.71. The number of methoxy groups -OCH3 is 4. The van der Waals surface area contributed by atoms with Gasteiger partial charge in [-0.05, 0) is 59.5 Å². The van der Waals surface area contributed by atoms with Crippen molar-refractivity contribution in [3.63, 3.8) is 0 Å². The van der Waals surface area contributed by atoms with Crippen LogP contribution in [0, 0.1) is 5.82 Å². The molecule has 1 heterocycles. The fourth-order valence-electron chi connectivity index (χ4n) is 4.27. The van der Waals surface area contributed by atoms with Crippen LogP contribution in [0.2, 0.25) is 0 Å². The van der Waals surface area contributed by atoms with Crippen LogP contribution < -0.4 is 18.9 Å². The van der Waals surface area contributed by atoms with Crippen LogP contribution in [-0.4, -0.2) is 45.8 Å². The summed E-state index contributed by atoms with van der Waals surface area (Å²) >= 11 is 0. The smallest absolute Gasteiger partial charge is 0.254 e. The summed E-state index contributed by atoms with van der Waals surface area (Å²) < 4.78 is 35.4. The second kappa shape index (κ2) is 9.40. The number of benzene rings is 3. The number of rotatable bonds is 6. The molecule has 6 nitrogen and oxygen atoms in total. The number of nitrogens with zero attached hydrogens (tertiary/aromatic N) is 1. The standard InChI is InChI=1S/C26H26FNO5/c1-30-20-11-18(12-21(14-20)31-2)26(29)28-10-9-17-13-23(32-3)24(33-4)15-22(17)25(28)16-5-7-19(27)8-6-16/h5-8,11-15,25H,9-10H2,1-4H3. The van der Waals surface area contributed by atoms with E-state index in [4.69, 9.17) is 18.9 Å². The molecule has 1 aliphatic rings. The predicted octanol–water partition coefficient (Wildman–Crippen LogP) is 4.65. The number of hydrogen-bond acceptors (Lipinski definition) is 5. The normalized spacial score (nSPS) is 14.9. The van der Waals surface area contributed by atoms with Gasteiger partial charge >= 0.3 is 0 Å². The van der Waals surface area contributed by atoms with Crippen molar-refractivity contribution < 1.29 is 28.1 Å². The SMILES string of the molecule is COc1cc(OC)cc(C(=O)N2CCc3cc(OC)c(OC)cc3C2c2ccc(F)cc2)c1. The number of carbonyl (C=O) groups excluding carboxylic acids is 1. The number of fused-ring (bicyclic) bond motifs is 1. The molecule has 1 unspecified atom stereocenters. The van der Waals surface area contributed by atoms with Crippen LogP contribution in [0.15, 0.2) is 54.6 Å². The monoisotopic (exact) mass is 451 g/mol. The first-order valence-electron chi connectivity index (χ1n) is 10.5. The quantitative estimate of drug-likeness (QED) is 0.546. The summed E-state index contributed by atoms with van der Waals surface area (Å²) in [6.07, 6.45) is 0.639. The van der Waals surface area contributed by atoms with E-state index < -0.39 is 6.04 Å². The third kappa shape index (κ3) is 4.31. The van der Waals surface area contributed by atoms with E-state index in [1.807, 2.05) is 12.1 Å². The van der Waals surface area contributed by atoms with Crippen LogP contribution in [0.25, 0.3) is 0 Å². The Morgan fingerprint density at radius 1 is 0.848 bits per heavy atom. The Hall–Kier alpha value is -3.74. The number of carbonyl (C=O) groups is 1. The van der Waals surface area contributed by atoms with Gasteiger partial charge in [0.2, 0.25) is 0 Å². The van der Waals surface area contributed by atoms with Crippen molar-refractivity contribution in [1.29, 1.82) is 0 Å². The molecule has 7 heteroatoms. The van der Waals surface area contributed by atoms with Crippen molar-refractivity contribution in [2.24, 2.45) is 0 Å². The van der Waals surface area contributed by atoms with Gasteiger partial charge in [-0.3, -0.25) is 4.79 Å². The van der Waals surface area contributed by atoms with Crippen LogP contribution >= 0.6 is 0 Å². The molecule has 0 spiro atoms. The zero-order valence-corrected chi connectivity index (χ0v) is 19.1. The maximum atomic E-state index is 13.8. The van der Waals surface area contributed by atoms with Gasteiger partial charge in [0.15, 0.2) is 11.5 Å². The van der Waals surface area contributed by atoms with Crippen LogP contribution in [0.3, 0.4) is 0 Å². The van der Waals surface area contributed by atoms with Crippen molar-refractivity contribution in [3.05, 3.63) is 82.7 Å². The number of halogens is 1. The molecule has 0 saturated carbocycles. The molecular weight excluding hydrogens is 425 g/mol. The maximum absolute atomic E-state index is 13.8. The number of ether oxygens (including phenoxy) is 4. The van der Waals surface area contributed by atoms with Gasteiger partial charge in [0, 0.05) is 18.2 Å². The summed E-state index contributed by atoms with van der Waals surface area (Å²) in [6, 6.07) is 14.7. The summed E-state index contributed by atoms with van der Waals surface area (Å²) in [5.74, 6) is 1.74. The first kappa shape index (κ1) is 22.5. The molecule has 1 atom stereocenters. The molecule has 0 N–H and O–H groups in total. The molecule has 0 fully saturated rings. The summed E-state index contributed by atoms with van der Waals surface area (Å²) in [7, 11) is 6.25. The van der Waals surface area contributed by atoms with E-state index in [0.717, 1.165) is 16.7 Å². The molecule has 0 saturated heterocycles. The highest BCUT2D eigenvalue weighted by atomic mass is 19.1. The lowest BCUT2D eigenvalue weighted by atomic mass is 9.87. The van der Waals surface area contributed by atoms with Crippen LogP contribution in [0.5, 0.6) is 23.0 Å². The van der Waals surface area contributed by atoms with E-state index in [1.54, 1.807) is 63.7 Å². The van der Waals surface area contributed by atoms with Crippen LogP contribution in [0.4, 0.5) is 4.39 Å². The zero-order chi connectivity index (χ0) is 23.5. The van der Waals surface area contributed by atoms with E-state index in [1.165, 1.54) is 12.1 Å². The Morgan fingerprint density at radius 3 is 2.03 bits per heavy atom. The molecule has 0 aromatic heterocycles. The van der Waals surface area contributed by atoms with Crippen molar-refractivity contribution in [2.45, 2.75) is 12.5 Å². The van der Waals surface area contributed by atoms with Crippen molar-refractivity contribution in [3.8, 4) is 23.0 Å². The Morgan fingerprint density at radius 2 is 1.45 bits per heavy atom. The van der Waals surface area contributed by atoms with E-state index >= 15 is 0 Å². The Balaban J connectivity index is 1.84. The summed E-state index contributed by atoms with van der Waals surface area (Å²) in [5.41, 5.74) is 3.21. The van der Waals surface area contributed by atoms with Gasteiger partial charge in [-0.25, -0.2) is 4.39 Å². The molecule has 1 aliphatic heterocycles. The van der Waals surface area contributed by atoms with Gasteiger partial charge in [0.25, 0.3) is 5.91 Å². The number of amides is 1. The van der Waals surface area contributed by atoms with Gasteiger partial charge in [-0.1, -0.05) is 12.1 Å².